The van der Waals surface area contributed by atoms with Crippen LogP contribution in [0.4, 0.5) is 0 Å². The highest BCUT2D eigenvalue weighted by Crippen LogP contribution is 2.22. The maximum Gasteiger partial charge on any atom is 0.260 e. The van der Waals surface area contributed by atoms with E-state index in [0.717, 1.165) is 5.56 Å². The number of rotatable bonds is 5. The van der Waals surface area contributed by atoms with Gasteiger partial charge in [-0.05, 0) is 36.8 Å². The van der Waals surface area contributed by atoms with E-state index in [2.05, 4.69) is 11.0 Å². The first kappa shape index (κ1) is 19.2. The second kappa shape index (κ2) is 8.90. The molecule has 1 aliphatic heterocycles. The zero-order valence-electron chi connectivity index (χ0n) is 15.3. The normalized spacial score (nSPS) is 15.8. The molecule has 0 saturated carbocycles. The Morgan fingerprint density at radius 2 is 1.74 bits per heavy atom. The number of ether oxygens (including phenoxy) is 1. The van der Waals surface area contributed by atoms with Crippen molar-refractivity contribution in [3.8, 4) is 11.8 Å². The molecule has 1 saturated heterocycles. The molecule has 2 aromatic rings. The van der Waals surface area contributed by atoms with Gasteiger partial charge in [0.05, 0.1) is 6.07 Å². The van der Waals surface area contributed by atoms with E-state index in [0.29, 0.717) is 37.0 Å². The third kappa shape index (κ3) is 5.00. The van der Waals surface area contributed by atoms with Crippen LogP contribution in [0.3, 0.4) is 0 Å². The number of benzene rings is 2. The van der Waals surface area contributed by atoms with Crippen molar-refractivity contribution >= 4 is 17.5 Å². The van der Waals surface area contributed by atoms with E-state index in [1.165, 1.54) is 5.56 Å². The summed E-state index contributed by atoms with van der Waals surface area (Å²) in [7, 11) is 0. The van der Waals surface area contributed by atoms with E-state index >= 15 is 0 Å². The fourth-order valence-electron chi connectivity index (χ4n) is 3.11. The molecule has 0 N–H and O–H groups in total. The van der Waals surface area contributed by atoms with E-state index in [9.17, 15) is 10.1 Å². The Kier molecular flexibility index (Phi) is 6.33. The predicted molar refractivity (Wildman–Crippen MR) is 105 cm³/mol. The van der Waals surface area contributed by atoms with Crippen LogP contribution in [-0.2, 0) is 4.79 Å². The van der Waals surface area contributed by atoms with Gasteiger partial charge in [0.25, 0.3) is 5.91 Å². The average Bonchev–Trinajstić information content (AvgIpc) is 2.70. The van der Waals surface area contributed by atoms with Gasteiger partial charge in [-0.15, -0.1) is 0 Å². The van der Waals surface area contributed by atoms with E-state index < -0.39 is 0 Å². The molecule has 0 radical (unpaired) electrons. The molecule has 0 aliphatic carbocycles. The highest BCUT2D eigenvalue weighted by Gasteiger charge is 2.27. The Morgan fingerprint density at radius 3 is 2.33 bits per heavy atom. The van der Waals surface area contributed by atoms with Crippen molar-refractivity contribution in [2.24, 2.45) is 0 Å². The smallest absolute Gasteiger partial charge is 0.260 e. The number of piperazine rings is 1. The fourth-order valence-corrected chi connectivity index (χ4v) is 3.24. The number of carbonyl (C=O) groups excluding carboxylic acids is 1. The van der Waals surface area contributed by atoms with Crippen molar-refractivity contribution in [2.75, 3.05) is 32.8 Å². The van der Waals surface area contributed by atoms with Crippen LogP contribution >= 0.6 is 11.6 Å². The van der Waals surface area contributed by atoms with Crippen LogP contribution in [0.1, 0.15) is 17.2 Å². The van der Waals surface area contributed by atoms with Gasteiger partial charge in [0.15, 0.2) is 6.61 Å². The molecule has 5 nitrogen and oxygen atoms in total. The van der Waals surface area contributed by atoms with Crippen LogP contribution in [0.15, 0.2) is 48.5 Å². The summed E-state index contributed by atoms with van der Waals surface area (Å²) < 4.78 is 5.54. The first-order valence-corrected chi connectivity index (χ1v) is 9.31. The van der Waals surface area contributed by atoms with Gasteiger partial charge in [-0.1, -0.05) is 41.4 Å². The fraction of sp³-hybridized carbons (Fsp3) is 0.333. The van der Waals surface area contributed by atoms with Crippen LogP contribution in [-0.4, -0.2) is 48.5 Å². The number of nitriles is 1. The zero-order valence-corrected chi connectivity index (χ0v) is 16.0. The minimum atomic E-state index is -0.284. The summed E-state index contributed by atoms with van der Waals surface area (Å²) in [6.45, 7) is 4.54. The van der Waals surface area contributed by atoms with Crippen molar-refractivity contribution in [3.63, 3.8) is 0 Å². The molecule has 3 rings (SSSR count). The molecular weight excluding hydrogens is 362 g/mol. The van der Waals surface area contributed by atoms with Crippen molar-refractivity contribution < 1.29 is 9.53 Å². The maximum atomic E-state index is 12.4. The summed E-state index contributed by atoms with van der Waals surface area (Å²) in [5.41, 5.74) is 2.17. The summed E-state index contributed by atoms with van der Waals surface area (Å²) in [5.74, 6) is 0.573. The SMILES string of the molecule is Cc1ccc(C(C#N)N2CCN(C(=O)COc3ccc(Cl)cc3)CC2)cc1. The molecule has 27 heavy (non-hydrogen) atoms. The Bertz CT molecular complexity index is 807. The number of hydrogen-bond donors (Lipinski definition) is 0. The molecule has 1 amide bonds. The standard InChI is InChI=1S/C21H22ClN3O2/c1-16-2-4-17(5-3-16)20(14-23)24-10-12-25(13-11-24)21(26)15-27-19-8-6-18(22)7-9-19/h2-9,20H,10-13,15H2,1H3. The van der Waals surface area contributed by atoms with Gasteiger partial charge >= 0.3 is 0 Å². The summed E-state index contributed by atoms with van der Waals surface area (Å²) in [4.78, 5) is 16.3. The molecule has 2 aromatic carbocycles. The highest BCUT2D eigenvalue weighted by atomic mass is 35.5. The van der Waals surface area contributed by atoms with Crippen LogP contribution < -0.4 is 4.74 Å². The Hall–Kier alpha value is -2.55. The van der Waals surface area contributed by atoms with Crippen molar-refractivity contribution in [1.29, 1.82) is 5.26 Å². The van der Waals surface area contributed by atoms with Gasteiger partial charge in [-0.2, -0.15) is 5.26 Å². The number of amides is 1. The molecule has 0 bridgehead atoms. The Morgan fingerprint density at radius 1 is 1.11 bits per heavy atom. The zero-order chi connectivity index (χ0) is 19.2. The monoisotopic (exact) mass is 383 g/mol. The lowest BCUT2D eigenvalue weighted by Gasteiger charge is -2.37. The quantitative estimate of drug-likeness (QED) is 0.793. The number of nitrogens with zero attached hydrogens (tertiary/aromatic N) is 3. The van der Waals surface area contributed by atoms with E-state index in [1.807, 2.05) is 31.2 Å². The third-order valence-corrected chi connectivity index (χ3v) is 4.98. The van der Waals surface area contributed by atoms with E-state index in [1.54, 1.807) is 29.2 Å². The van der Waals surface area contributed by atoms with Crippen LogP contribution in [0.2, 0.25) is 5.02 Å². The second-order valence-electron chi connectivity index (χ2n) is 6.60. The largest absolute Gasteiger partial charge is 0.484 e. The molecule has 1 unspecified atom stereocenters. The van der Waals surface area contributed by atoms with Gasteiger partial charge < -0.3 is 9.64 Å². The summed E-state index contributed by atoms with van der Waals surface area (Å²) in [6.07, 6.45) is 0. The van der Waals surface area contributed by atoms with Gasteiger partial charge in [-0.25, -0.2) is 0 Å². The molecule has 1 fully saturated rings. The molecule has 1 atom stereocenters. The van der Waals surface area contributed by atoms with E-state index in [-0.39, 0.29) is 18.6 Å². The first-order valence-electron chi connectivity index (χ1n) is 8.93. The summed E-state index contributed by atoms with van der Waals surface area (Å²) >= 11 is 5.84. The topological polar surface area (TPSA) is 56.6 Å². The van der Waals surface area contributed by atoms with Crippen LogP contribution in [0.25, 0.3) is 0 Å². The van der Waals surface area contributed by atoms with Gasteiger partial charge in [0.1, 0.15) is 11.8 Å². The number of hydrogen-bond acceptors (Lipinski definition) is 4. The van der Waals surface area contributed by atoms with Crippen LogP contribution in [0, 0.1) is 18.3 Å². The second-order valence-corrected chi connectivity index (χ2v) is 7.04. The highest BCUT2D eigenvalue weighted by molar-refractivity contribution is 6.30. The molecule has 6 heteroatoms. The van der Waals surface area contributed by atoms with Gasteiger partial charge in [0, 0.05) is 31.2 Å². The summed E-state index contributed by atoms with van der Waals surface area (Å²) in [6, 6.07) is 17.1. The van der Waals surface area contributed by atoms with Crippen molar-refractivity contribution in [3.05, 3.63) is 64.7 Å². The minimum Gasteiger partial charge on any atom is -0.484 e. The number of carbonyl (C=O) groups is 1. The van der Waals surface area contributed by atoms with Gasteiger partial charge in [0.2, 0.25) is 0 Å². The average molecular weight is 384 g/mol. The first-order chi connectivity index (χ1) is 13.1. The van der Waals surface area contributed by atoms with E-state index in [4.69, 9.17) is 16.3 Å². The molecule has 140 valence electrons. The lowest BCUT2D eigenvalue weighted by atomic mass is 10.0. The maximum absolute atomic E-state index is 12.4. The minimum absolute atomic E-state index is 0.00126. The molecular formula is C21H22ClN3O2. The molecule has 1 aliphatic rings. The molecule has 1 heterocycles. The number of halogens is 1. The lowest BCUT2D eigenvalue weighted by molar-refractivity contribution is -0.135. The van der Waals surface area contributed by atoms with Crippen LogP contribution in [0.5, 0.6) is 5.75 Å². The summed E-state index contributed by atoms with van der Waals surface area (Å²) in [5, 5.41) is 10.2. The lowest BCUT2D eigenvalue weighted by Crippen LogP contribution is -2.50. The number of aryl methyl sites for hydroxylation is 1. The van der Waals surface area contributed by atoms with Crippen molar-refractivity contribution in [2.45, 2.75) is 13.0 Å². The predicted octanol–water partition coefficient (Wildman–Crippen LogP) is 3.44. The Labute approximate surface area is 164 Å². The third-order valence-electron chi connectivity index (χ3n) is 4.72. The molecule has 0 aromatic heterocycles. The Balaban J connectivity index is 1.51. The van der Waals surface area contributed by atoms with Gasteiger partial charge in [-0.3, -0.25) is 9.69 Å². The molecule has 0 spiro atoms. The van der Waals surface area contributed by atoms with Crippen molar-refractivity contribution in [1.82, 2.24) is 9.80 Å².